The van der Waals surface area contributed by atoms with Crippen LogP contribution in [0, 0.1) is 0 Å². The fourth-order valence-electron chi connectivity index (χ4n) is 1.57. The number of hydrogen-bond donors (Lipinski definition) is 3. The summed E-state index contributed by atoms with van der Waals surface area (Å²) in [6.07, 6.45) is 5.40. The predicted molar refractivity (Wildman–Crippen MR) is 75.5 cm³/mol. The molecule has 1 aromatic carbocycles. The third-order valence-electron chi connectivity index (χ3n) is 2.65. The molecule has 19 heavy (non-hydrogen) atoms. The highest BCUT2D eigenvalue weighted by Gasteiger charge is 2.05. The molecule has 0 radical (unpaired) electrons. The summed E-state index contributed by atoms with van der Waals surface area (Å²) >= 11 is 0. The number of aromatic hydroxyl groups is 1. The van der Waals surface area contributed by atoms with Crippen LogP contribution in [0.5, 0.6) is 5.75 Å². The van der Waals surface area contributed by atoms with Gasteiger partial charge < -0.3 is 15.3 Å². The number of aliphatic hydroxyl groups is 1. The van der Waals surface area contributed by atoms with Crippen LogP contribution in [0.3, 0.4) is 0 Å². The number of rotatable bonds is 6. The molecule has 1 unspecified atom stereocenters. The largest absolute Gasteiger partial charge is 0.507 e. The molecule has 4 nitrogen and oxygen atoms in total. The molecule has 0 saturated carbocycles. The van der Waals surface area contributed by atoms with E-state index in [1.807, 2.05) is 0 Å². The molecule has 1 rings (SSSR count). The average Bonchev–Trinajstić information content (AvgIpc) is 2.37. The van der Waals surface area contributed by atoms with Gasteiger partial charge in [-0.2, -0.15) is 0 Å². The van der Waals surface area contributed by atoms with Crippen molar-refractivity contribution in [2.45, 2.75) is 52.1 Å². The lowest BCUT2D eigenvalue weighted by Crippen LogP contribution is -2.04. The maximum absolute atomic E-state index is 10.3. The van der Waals surface area contributed by atoms with Crippen LogP contribution in [0.1, 0.15) is 56.3 Å². The van der Waals surface area contributed by atoms with Gasteiger partial charge in [-0.05, 0) is 25.0 Å². The third-order valence-corrected chi connectivity index (χ3v) is 2.65. The van der Waals surface area contributed by atoms with Gasteiger partial charge >= 0.3 is 5.97 Å². The lowest BCUT2D eigenvalue weighted by molar-refractivity contribution is 0.0693. The Kier molecular flexibility index (Phi) is 9.53. The summed E-state index contributed by atoms with van der Waals surface area (Å²) in [4.78, 5) is 10.3. The summed E-state index contributed by atoms with van der Waals surface area (Å²) in [7, 11) is 0. The molecule has 0 fully saturated rings. The quantitative estimate of drug-likeness (QED) is 0.738. The van der Waals surface area contributed by atoms with Gasteiger partial charge in [0.2, 0.25) is 0 Å². The van der Waals surface area contributed by atoms with Gasteiger partial charge in [-0.3, -0.25) is 0 Å². The number of aromatic carboxylic acids is 1. The SMILES string of the molecule is CCCCC(O)CCC.O=C(O)c1ccccc1O. The average molecular weight is 268 g/mol. The molecule has 0 aliphatic rings. The van der Waals surface area contributed by atoms with Crippen LogP contribution < -0.4 is 0 Å². The first kappa shape index (κ1) is 17.4. The van der Waals surface area contributed by atoms with Gasteiger partial charge in [-0.1, -0.05) is 45.2 Å². The minimum atomic E-state index is -1.11. The van der Waals surface area contributed by atoms with E-state index in [0.29, 0.717) is 0 Å². The molecule has 108 valence electrons. The van der Waals surface area contributed by atoms with E-state index in [0.717, 1.165) is 19.3 Å². The Morgan fingerprint density at radius 2 is 1.79 bits per heavy atom. The second-order valence-corrected chi connectivity index (χ2v) is 4.41. The van der Waals surface area contributed by atoms with E-state index in [-0.39, 0.29) is 17.4 Å². The van der Waals surface area contributed by atoms with Gasteiger partial charge in [0, 0.05) is 0 Å². The summed E-state index contributed by atoms with van der Waals surface area (Å²) in [6.45, 7) is 4.26. The molecule has 0 aliphatic carbocycles. The zero-order valence-corrected chi connectivity index (χ0v) is 11.7. The minimum Gasteiger partial charge on any atom is -0.507 e. The Labute approximate surface area is 114 Å². The fraction of sp³-hybridized carbons (Fsp3) is 0.533. The van der Waals surface area contributed by atoms with Crippen molar-refractivity contribution in [1.82, 2.24) is 0 Å². The number of carbonyl (C=O) groups is 1. The normalized spacial score (nSPS) is 11.3. The van der Waals surface area contributed by atoms with Gasteiger partial charge in [-0.15, -0.1) is 0 Å². The topological polar surface area (TPSA) is 77.8 Å². The van der Waals surface area contributed by atoms with Crippen LogP contribution >= 0.6 is 0 Å². The van der Waals surface area contributed by atoms with Crippen LogP contribution in [0.25, 0.3) is 0 Å². The summed E-state index contributed by atoms with van der Waals surface area (Å²) in [5, 5.41) is 26.5. The minimum absolute atomic E-state index is 0.0325. The molecule has 0 spiro atoms. The highest BCUT2D eigenvalue weighted by Crippen LogP contribution is 2.14. The Morgan fingerprint density at radius 3 is 2.21 bits per heavy atom. The van der Waals surface area contributed by atoms with Crippen LogP contribution in [-0.4, -0.2) is 27.4 Å². The van der Waals surface area contributed by atoms with Crippen LogP contribution in [0.2, 0.25) is 0 Å². The Balaban J connectivity index is 0.000000344. The molecule has 0 heterocycles. The van der Waals surface area contributed by atoms with Crippen molar-refractivity contribution in [2.24, 2.45) is 0 Å². The maximum atomic E-state index is 10.3. The number of para-hydroxylation sites is 1. The molecule has 4 heteroatoms. The first-order chi connectivity index (χ1) is 9.02. The van der Waals surface area contributed by atoms with Crippen LogP contribution in [0.4, 0.5) is 0 Å². The second kappa shape index (κ2) is 10.4. The zero-order chi connectivity index (χ0) is 14.7. The van der Waals surface area contributed by atoms with E-state index in [9.17, 15) is 9.90 Å². The first-order valence-corrected chi connectivity index (χ1v) is 6.72. The van der Waals surface area contributed by atoms with Crippen molar-refractivity contribution in [2.75, 3.05) is 0 Å². The number of carboxylic acid groups (broad SMARTS) is 1. The molecule has 0 aliphatic heterocycles. The molecule has 1 aromatic rings. The number of hydrogen-bond acceptors (Lipinski definition) is 3. The highest BCUT2D eigenvalue weighted by atomic mass is 16.4. The van der Waals surface area contributed by atoms with Gasteiger partial charge in [0.05, 0.1) is 6.10 Å². The number of aliphatic hydroxyl groups excluding tert-OH is 1. The number of carboxylic acids is 1. The third kappa shape index (κ3) is 8.21. The predicted octanol–water partition coefficient (Wildman–Crippen LogP) is 3.43. The van der Waals surface area contributed by atoms with E-state index in [1.54, 1.807) is 12.1 Å². The number of benzene rings is 1. The van der Waals surface area contributed by atoms with Gasteiger partial charge in [0.15, 0.2) is 0 Å². The van der Waals surface area contributed by atoms with Crippen molar-refractivity contribution < 1.29 is 20.1 Å². The summed E-state index contributed by atoms with van der Waals surface area (Å²) < 4.78 is 0. The van der Waals surface area contributed by atoms with Crippen molar-refractivity contribution in [3.05, 3.63) is 29.8 Å². The zero-order valence-electron chi connectivity index (χ0n) is 11.7. The van der Waals surface area contributed by atoms with E-state index >= 15 is 0 Å². The van der Waals surface area contributed by atoms with E-state index in [2.05, 4.69) is 13.8 Å². The molecule has 1 atom stereocenters. The first-order valence-electron chi connectivity index (χ1n) is 6.72. The van der Waals surface area contributed by atoms with Crippen molar-refractivity contribution in [3.8, 4) is 5.75 Å². The Hall–Kier alpha value is -1.55. The van der Waals surface area contributed by atoms with E-state index in [1.165, 1.54) is 25.0 Å². The van der Waals surface area contributed by atoms with E-state index < -0.39 is 5.97 Å². The van der Waals surface area contributed by atoms with Crippen molar-refractivity contribution in [1.29, 1.82) is 0 Å². The van der Waals surface area contributed by atoms with Crippen molar-refractivity contribution >= 4 is 5.97 Å². The Morgan fingerprint density at radius 1 is 1.16 bits per heavy atom. The van der Waals surface area contributed by atoms with Gasteiger partial charge in [0.1, 0.15) is 11.3 Å². The van der Waals surface area contributed by atoms with E-state index in [4.69, 9.17) is 10.2 Å². The standard InChI is InChI=1S/C8H18O.C7H6O3/c1-3-5-7-8(9)6-4-2;8-6-4-2-1-3-5(6)7(9)10/h8-9H,3-7H2,1-2H3;1-4,8H,(H,9,10). The molecular weight excluding hydrogens is 244 g/mol. The van der Waals surface area contributed by atoms with Gasteiger partial charge in [0.25, 0.3) is 0 Å². The lowest BCUT2D eigenvalue weighted by atomic mass is 10.1. The number of unbranched alkanes of at least 4 members (excludes halogenated alkanes) is 1. The summed E-state index contributed by atoms with van der Waals surface area (Å²) in [5.41, 5.74) is -0.0671. The van der Waals surface area contributed by atoms with Crippen LogP contribution in [-0.2, 0) is 0 Å². The fourth-order valence-corrected chi connectivity index (χ4v) is 1.57. The molecule has 0 saturated heterocycles. The van der Waals surface area contributed by atoms with Crippen LogP contribution in [0.15, 0.2) is 24.3 Å². The van der Waals surface area contributed by atoms with Gasteiger partial charge in [-0.25, -0.2) is 4.79 Å². The number of phenols is 1. The molecular formula is C15H24O4. The lowest BCUT2D eigenvalue weighted by Gasteiger charge is -2.06. The monoisotopic (exact) mass is 268 g/mol. The molecule has 0 bridgehead atoms. The maximum Gasteiger partial charge on any atom is 0.339 e. The smallest absolute Gasteiger partial charge is 0.339 e. The molecule has 0 aromatic heterocycles. The molecule has 3 N–H and O–H groups in total. The second-order valence-electron chi connectivity index (χ2n) is 4.41. The summed E-state index contributed by atoms with van der Waals surface area (Å²) in [5.74, 6) is -1.31. The highest BCUT2D eigenvalue weighted by molar-refractivity contribution is 5.90. The summed E-state index contributed by atoms with van der Waals surface area (Å²) in [6, 6.07) is 5.81. The molecule has 0 amide bonds. The van der Waals surface area contributed by atoms with Crippen molar-refractivity contribution in [3.63, 3.8) is 0 Å². The Bertz CT molecular complexity index is 363.